The molecule has 0 aliphatic carbocycles. The lowest BCUT2D eigenvalue weighted by molar-refractivity contribution is 0.00142. The Kier molecular flexibility index (Phi) is 3.27. The highest BCUT2D eigenvalue weighted by atomic mass is 19.1. The predicted molar refractivity (Wildman–Crippen MR) is 69.4 cm³/mol. The molecule has 0 saturated carbocycles. The topological polar surface area (TPSA) is 29.5 Å². The molecule has 0 unspecified atom stereocenters. The van der Waals surface area contributed by atoms with E-state index in [4.69, 9.17) is 4.74 Å². The van der Waals surface area contributed by atoms with E-state index in [0.29, 0.717) is 19.0 Å². The number of likely N-dealkylation sites (tertiary alicyclic amines) is 1. The van der Waals surface area contributed by atoms with Crippen LogP contribution in [0.2, 0.25) is 0 Å². The van der Waals surface area contributed by atoms with Gasteiger partial charge >= 0.3 is 0 Å². The van der Waals surface area contributed by atoms with Gasteiger partial charge in [0.2, 0.25) is 0 Å². The molecule has 1 aromatic rings. The Morgan fingerprint density at radius 2 is 2.21 bits per heavy atom. The lowest BCUT2D eigenvalue weighted by Crippen LogP contribution is -2.45. The normalized spacial score (nSPS) is 30.2. The summed E-state index contributed by atoms with van der Waals surface area (Å²) in [5.41, 5.74) is 0.159. The van der Waals surface area contributed by atoms with E-state index >= 15 is 0 Å². The summed E-state index contributed by atoms with van der Waals surface area (Å²) in [5, 5.41) is 0. The summed E-state index contributed by atoms with van der Waals surface area (Å²) in [4.78, 5) is 14.0. The van der Waals surface area contributed by atoms with Crippen molar-refractivity contribution in [2.45, 2.75) is 32.0 Å². The Hall–Kier alpha value is -1.42. The Labute approximate surface area is 112 Å². The molecule has 3 rings (SSSR count). The van der Waals surface area contributed by atoms with Crippen LogP contribution in [0.15, 0.2) is 24.3 Å². The van der Waals surface area contributed by atoms with Gasteiger partial charge in [-0.25, -0.2) is 4.39 Å². The summed E-state index contributed by atoms with van der Waals surface area (Å²) < 4.78 is 19.5. The molecule has 2 heterocycles. The van der Waals surface area contributed by atoms with Gasteiger partial charge in [0.1, 0.15) is 5.82 Å². The fourth-order valence-electron chi connectivity index (χ4n) is 3.16. The van der Waals surface area contributed by atoms with E-state index in [1.165, 1.54) is 6.07 Å². The molecule has 1 aromatic carbocycles. The fraction of sp³-hybridized carbons (Fsp3) is 0.533. The van der Waals surface area contributed by atoms with Crippen molar-refractivity contribution in [1.29, 1.82) is 0 Å². The first kappa shape index (κ1) is 12.6. The number of nitrogens with zero attached hydrogens (tertiary/aromatic N) is 1. The molecule has 0 spiro atoms. The molecular weight excluding hydrogens is 245 g/mol. The van der Waals surface area contributed by atoms with Crippen LogP contribution in [0.1, 0.15) is 30.1 Å². The van der Waals surface area contributed by atoms with Crippen LogP contribution in [-0.4, -0.2) is 36.1 Å². The summed E-state index contributed by atoms with van der Waals surface area (Å²) >= 11 is 0. The lowest BCUT2D eigenvalue weighted by Gasteiger charge is -2.34. The maximum atomic E-state index is 13.6. The van der Waals surface area contributed by atoms with Crippen molar-refractivity contribution < 1.29 is 13.9 Å². The molecule has 4 heteroatoms. The van der Waals surface area contributed by atoms with Gasteiger partial charge in [0.15, 0.2) is 0 Å². The zero-order valence-corrected chi connectivity index (χ0v) is 11.0. The number of hydrogen-bond donors (Lipinski definition) is 0. The standard InChI is InChI=1S/C15H18FNO2/c1-10-8-11-6-7-17(9-14(11)19-10)15(18)12-4-2-3-5-13(12)16/h2-5,10-11,14H,6-9H2,1H3/t10-,11-,14+/m0/s1. The lowest BCUT2D eigenvalue weighted by atomic mass is 9.91. The van der Waals surface area contributed by atoms with E-state index in [2.05, 4.69) is 6.92 Å². The first-order valence-electron chi connectivity index (χ1n) is 6.84. The molecule has 19 heavy (non-hydrogen) atoms. The van der Waals surface area contributed by atoms with Crippen LogP contribution < -0.4 is 0 Å². The summed E-state index contributed by atoms with van der Waals surface area (Å²) in [6.07, 6.45) is 2.43. The number of carbonyl (C=O) groups excluding carboxylic acids is 1. The predicted octanol–water partition coefficient (Wildman–Crippen LogP) is 2.47. The third-order valence-corrected chi connectivity index (χ3v) is 4.13. The molecule has 0 N–H and O–H groups in total. The maximum absolute atomic E-state index is 13.6. The van der Waals surface area contributed by atoms with Crippen molar-refractivity contribution in [1.82, 2.24) is 4.90 Å². The molecular formula is C15H18FNO2. The van der Waals surface area contributed by atoms with Gasteiger partial charge in [0.25, 0.3) is 5.91 Å². The molecule has 2 fully saturated rings. The quantitative estimate of drug-likeness (QED) is 0.779. The number of fused-ring (bicyclic) bond motifs is 1. The van der Waals surface area contributed by atoms with Crippen molar-refractivity contribution in [3.63, 3.8) is 0 Å². The zero-order chi connectivity index (χ0) is 13.4. The van der Waals surface area contributed by atoms with Crippen molar-refractivity contribution in [2.75, 3.05) is 13.1 Å². The van der Waals surface area contributed by atoms with Gasteiger partial charge in [-0.1, -0.05) is 12.1 Å². The molecule has 2 aliphatic rings. The molecule has 0 bridgehead atoms. The second kappa shape index (κ2) is 4.93. The minimum atomic E-state index is -0.449. The highest BCUT2D eigenvalue weighted by molar-refractivity contribution is 5.94. The second-order valence-corrected chi connectivity index (χ2v) is 5.50. The molecule has 3 atom stereocenters. The van der Waals surface area contributed by atoms with Gasteiger partial charge < -0.3 is 9.64 Å². The summed E-state index contributed by atoms with van der Waals surface area (Å²) in [6.45, 7) is 3.36. The third kappa shape index (κ3) is 2.37. The SMILES string of the molecule is C[C@H]1C[C@@H]2CCN(C(=O)c3ccccc3F)C[C@H]2O1. The van der Waals surface area contributed by atoms with Gasteiger partial charge in [-0.3, -0.25) is 4.79 Å². The van der Waals surface area contributed by atoms with Crippen molar-refractivity contribution in [2.24, 2.45) is 5.92 Å². The van der Waals surface area contributed by atoms with Gasteiger partial charge in [-0.2, -0.15) is 0 Å². The van der Waals surface area contributed by atoms with Crippen LogP contribution in [-0.2, 0) is 4.74 Å². The number of benzene rings is 1. The largest absolute Gasteiger partial charge is 0.373 e. The molecule has 3 nitrogen and oxygen atoms in total. The van der Waals surface area contributed by atoms with Gasteiger partial charge in [-0.05, 0) is 37.8 Å². The second-order valence-electron chi connectivity index (χ2n) is 5.50. The van der Waals surface area contributed by atoms with E-state index in [-0.39, 0.29) is 23.7 Å². The molecule has 2 saturated heterocycles. The van der Waals surface area contributed by atoms with Crippen molar-refractivity contribution in [3.05, 3.63) is 35.6 Å². The monoisotopic (exact) mass is 263 g/mol. The highest BCUT2D eigenvalue weighted by Gasteiger charge is 2.38. The number of carbonyl (C=O) groups is 1. The number of ether oxygens (including phenoxy) is 1. The van der Waals surface area contributed by atoms with Crippen LogP contribution in [0, 0.1) is 11.7 Å². The molecule has 102 valence electrons. The van der Waals surface area contributed by atoms with E-state index in [0.717, 1.165) is 12.8 Å². The number of amides is 1. The van der Waals surface area contributed by atoms with Gasteiger partial charge in [-0.15, -0.1) is 0 Å². The number of piperidine rings is 1. The Morgan fingerprint density at radius 1 is 1.42 bits per heavy atom. The van der Waals surface area contributed by atoms with Crippen LogP contribution in [0.4, 0.5) is 4.39 Å². The van der Waals surface area contributed by atoms with Crippen molar-refractivity contribution >= 4 is 5.91 Å². The van der Waals surface area contributed by atoms with Crippen LogP contribution in [0.25, 0.3) is 0 Å². The van der Waals surface area contributed by atoms with Crippen molar-refractivity contribution in [3.8, 4) is 0 Å². The fourth-order valence-corrected chi connectivity index (χ4v) is 3.16. The summed E-state index contributed by atoms with van der Waals surface area (Å²) in [6, 6.07) is 6.16. The van der Waals surface area contributed by atoms with Crippen LogP contribution in [0.3, 0.4) is 0 Å². The minimum absolute atomic E-state index is 0.125. The van der Waals surface area contributed by atoms with Gasteiger partial charge in [0, 0.05) is 13.1 Å². The third-order valence-electron chi connectivity index (χ3n) is 4.13. The first-order valence-corrected chi connectivity index (χ1v) is 6.84. The Balaban J connectivity index is 1.74. The number of rotatable bonds is 1. The summed E-state index contributed by atoms with van der Waals surface area (Å²) in [5.74, 6) is -0.116. The number of halogens is 1. The van der Waals surface area contributed by atoms with E-state index in [1.807, 2.05) is 0 Å². The minimum Gasteiger partial charge on any atom is -0.373 e. The van der Waals surface area contributed by atoms with E-state index in [1.54, 1.807) is 23.1 Å². The first-order chi connectivity index (χ1) is 9.15. The smallest absolute Gasteiger partial charge is 0.256 e. The molecule has 0 aromatic heterocycles. The molecule has 0 radical (unpaired) electrons. The summed E-state index contributed by atoms with van der Waals surface area (Å²) in [7, 11) is 0. The zero-order valence-electron chi connectivity index (χ0n) is 11.0. The molecule has 1 amide bonds. The Bertz CT molecular complexity index is 491. The molecule has 2 aliphatic heterocycles. The van der Waals surface area contributed by atoms with Crippen LogP contribution >= 0.6 is 0 Å². The van der Waals surface area contributed by atoms with Gasteiger partial charge in [0.05, 0.1) is 17.8 Å². The average molecular weight is 263 g/mol. The number of hydrogen-bond acceptors (Lipinski definition) is 2. The van der Waals surface area contributed by atoms with E-state index < -0.39 is 5.82 Å². The van der Waals surface area contributed by atoms with E-state index in [9.17, 15) is 9.18 Å². The maximum Gasteiger partial charge on any atom is 0.256 e. The Morgan fingerprint density at radius 3 is 3.00 bits per heavy atom. The van der Waals surface area contributed by atoms with Crippen LogP contribution in [0.5, 0.6) is 0 Å². The highest BCUT2D eigenvalue weighted by Crippen LogP contribution is 2.33. The average Bonchev–Trinajstić information content (AvgIpc) is 2.77.